The van der Waals surface area contributed by atoms with Gasteiger partial charge in [-0.2, -0.15) is 0 Å². The second-order valence-corrected chi connectivity index (χ2v) is 5.39. The van der Waals surface area contributed by atoms with Crippen LogP contribution in [0.1, 0.15) is 29.9 Å². The molecule has 1 aromatic carbocycles. The monoisotopic (exact) mass is 256 g/mol. The molecule has 0 N–H and O–H groups in total. The summed E-state index contributed by atoms with van der Waals surface area (Å²) >= 11 is 0. The van der Waals surface area contributed by atoms with Crippen molar-refractivity contribution < 1.29 is 4.52 Å². The topological polar surface area (TPSA) is 29.3 Å². The highest BCUT2D eigenvalue weighted by molar-refractivity contribution is 5.16. The number of aryl methyl sites for hydroxylation is 1. The first-order chi connectivity index (χ1) is 9.31. The number of hydrogen-bond acceptors (Lipinski definition) is 3. The zero-order valence-corrected chi connectivity index (χ0v) is 11.4. The predicted octanol–water partition coefficient (Wildman–Crippen LogP) is 3.19. The molecule has 1 atom stereocenters. The summed E-state index contributed by atoms with van der Waals surface area (Å²) < 4.78 is 5.15. The molecule has 1 fully saturated rings. The Hall–Kier alpha value is -1.61. The molecule has 1 aliphatic heterocycles. The summed E-state index contributed by atoms with van der Waals surface area (Å²) in [4.78, 5) is 2.53. The third-order valence-electron chi connectivity index (χ3n) is 3.86. The highest BCUT2D eigenvalue weighted by atomic mass is 16.5. The van der Waals surface area contributed by atoms with Crippen molar-refractivity contribution in [1.82, 2.24) is 10.1 Å². The summed E-state index contributed by atoms with van der Waals surface area (Å²) in [7, 11) is 0. The van der Waals surface area contributed by atoms with Gasteiger partial charge in [-0.15, -0.1) is 0 Å². The number of benzene rings is 1. The van der Waals surface area contributed by atoms with Gasteiger partial charge in [0, 0.05) is 18.7 Å². The van der Waals surface area contributed by atoms with Crippen LogP contribution in [0.2, 0.25) is 0 Å². The molecule has 2 heterocycles. The van der Waals surface area contributed by atoms with Crippen LogP contribution in [0.4, 0.5) is 0 Å². The Balaban J connectivity index is 1.65. The zero-order valence-electron chi connectivity index (χ0n) is 11.4. The number of nitrogens with zero attached hydrogens (tertiary/aromatic N) is 2. The minimum Gasteiger partial charge on any atom is -0.361 e. The normalized spacial score (nSPS) is 19.9. The zero-order chi connectivity index (χ0) is 13.1. The highest BCUT2D eigenvalue weighted by Gasteiger charge is 2.25. The van der Waals surface area contributed by atoms with Crippen LogP contribution in [0.3, 0.4) is 0 Å². The lowest BCUT2D eigenvalue weighted by atomic mass is 10.0. The van der Waals surface area contributed by atoms with Gasteiger partial charge in [0.15, 0.2) is 0 Å². The first-order valence-electron chi connectivity index (χ1n) is 7.01. The van der Waals surface area contributed by atoms with Crippen LogP contribution in [-0.4, -0.2) is 22.6 Å². The van der Waals surface area contributed by atoms with Gasteiger partial charge in [0.25, 0.3) is 0 Å². The number of aromatic nitrogens is 1. The summed E-state index contributed by atoms with van der Waals surface area (Å²) in [5.74, 6) is 0.897. The molecular formula is C16H20N2O. The van der Waals surface area contributed by atoms with Crippen LogP contribution in [0.25, 0.3) is 0 Å². The quantitative estimate of drug-likeness (QED) is 0.841. The minimum atomic E-state index is 0.638. The van der Waals surface area contributed by atoms with Crippen molar-refractivity contribution in [2.24, 2.45) is 0 Å². The summed E-state index contributed by atoms with van der Waals surface area (Å²) in [5.41, 5.74) is 2.48. The fourth-order valence-corrected chi connectivity index (χ4v) is 2.92. The summed E-state index contributed by atoms with van der Waals surface area (Å²) in [6, 6.07) is 13.4. The standard InChI is InChI=1S/C16H20N2O/c1-13-10-15(17-19-13)12-18-9-5-8-16(18)11-14-6-3-2-4-7-14/h2-4,6-7,10,16H,5,8-9,11-12H2,1H3. The van der Waals surface area contributed by atoms with E-state index in [2.05, 4.69) is 40.4 Å². The maximum atomic E-state index is 5.15. The maximum absolute atomic E-state index is 5.15. The summed E-state index contributed by atoms with van der Waals surface area (Å²) in [6.07, 6.45) is 3.71. The SMILES string of the molecule is Cc1cc(CN2CCCC2Cc2ccccc2)no1. The third-order valence-corrected chi connectivity index (χ3v) is 3.86. The van der Waals surface area contributed by atoms with Crippen molar-refractivity contribution in [1.29, 1.82) is 0 Å². The second kappa shape index (κ2) is 5.57. The van der Waals surface area contributed by atoms with E-state index in [0.717, 1.165) is 24.4 Å². The number of rotatable bonds is 4. The van der Waals surface area contributed by atoms with E-state index in [1.54, 1.807) is 0 Å². The van der Waals surface area contributed by atoms with Crippen molar-refractivity contribution >= 4 is 0 Å². The fraction of sp³-hybridized carbons (Fsp3) is 0.438. The molecule has 0 bridgehead atoms. The maximum Gasteiger partial charge on any atom is 0.133 e. The highest BCUT2D eigenvalue weighted by Crippen LogP contribution is 2.23. The van der Waals surface area contributed by atoms with Crippen LogP contribution < -0.4 is 0 Å². The Morgan fingerprint density at radius 1 is 1.32 bits per heavy atom. The lowest BCUT2D eigenvalue weighted by Crippen LogP contribution is -2.30. The largest absolute Gasteiger partial charge is 0.361 e. The van der Waals surface area contributed by atoms with Gasteiger partial charge in [0.2, 0.25) is 0 Å². The lowest BCUT2D eigenvalue weighted by Gasteiger charge is -2.23. The summed E-state index contributed by atoms with van der Waals surface area (Å²) in [5, 5.41) is 4.10. The lowest BCUT2D eigenvalue weighted by molar-refractivity contribution is 0.236. The molecule has 3 nitrogen and oxygen atoms in total. The van der Waals surface area contributed by atoms with Gasteiger partial charge in [-0.05, 0) is 38.3 Å². The molecule has 19 heavy (non-hydrogen) atoms. The van der Waals surface area contributed by atoms with E-state index < -0.39 is 0 Å². The molecule has 3 heteroatoms. The van der Waals surface area contributed by atoms with E-state index in [-0.39, 0.29) is 0 Å². The number of hydrogen-bond donors (Lipinski definition) is 0. The molecule has 0 spiro atoms. The van der Waals surface area contributed by atoms with Gasteiger partial charge < -0.3 is 4.52 Å². The Bertz CT molecular complexity index is 521. The van der Waals surface area contributed by atoms with Crippen molar-refractivity contribution in [3.05, 3.63) is 53.4 Å². The molecule has 1 aromatic heterocycles. The fourth-order valence-electron chi connectivity index (χ4n) is 2.92. The van der Waals surface area contributed by atoms with Gasteiger partial charge in [-0.1, -0.05) is 35.5 Å². The van der Waals surface area contributed by atoms with Crippen LogP contribution in [-0.2, 0) is 13.0 Å². The van der Waals surface area contributed by atoms with Crippen molar-refractivity contribution in [2.75, 3.05) is 6.54 Å². The van der Waals surface area contributed by atoms with E-state index in [1.807, 2.05) is 13.0 Å². The van der Waals surface area contributed by atoms with Crippen molar-refractivity contribution in [3.63, 3.8) is 0 Å². The molecule has 1 unspecified atom stereocenters. The molecule has 3 rings (SSSR count). The summed E-state index contributed by atoms with van der Waals surface area (Å²) in [6.45, 7) is 4.03. The van der Waals surface area contributed by atoms with Crippen molar-refractivity contribution in [3.8, 4) is 0 Å². The molecule has 0 amide bonds. The molecule has 2 aromatic rings. The molecular weight excluding hydrogens is 236 g/mol. The molecule has 0 saturated carbocycles. The van der Waals surface area contributed by atoms with Crippen LogP contribution >= 0.6 is 0 Å². The van der Waals surface area contributed by atoms with E-state index in [4.69, 9.17) is 4.52 Å². The van der Waals surface area contributed by atoms with Gasteiger partial charge in [-0.3, -0.25) is 4.90 Å². The average Bonchev–Trinajstić information content (AvgIpc) is 3.01. The van der Waals surface area contributed by atoms with Crippen LogP contribution in [0, 0.1) is 6.92 Å². The van der Waals surface area contributed by atoms with Crippen molar-refractivity contribution in [2.45, 2.75) is 38.8 Å². The first kappa shape index (κ1) is 12.4. The Morgan fingerprint density at radius 2 is 2.16 bits per heavy atom. The Kier molecular flexibility index (Phi) is 3.65. The smallest absolute Gasteiger partial charge is 0.133 e. The minimum absolute atomic E-state index is 0.638. The third kappa shape index (κ3) is 3.04. The van der Waals surface area contributed by atoms with Gasteiger partial charge in [-0.25, -0.2) is 0 Å². The second-order valence-electron chi connectivity index (χ2n) is 5.39. The van der Waals surface area contributed by atoms with E-state index in [0.29, 0.717) is 6.04 Å². The molecule has 0 radical (unpaired) electrons. The Morgan fingerprint density at radius 3 is 2.89 bits per heavy atom. The molecule has 1 saturated heterocycles. The predicted molar refractivity (Wildman–Crippen MR) is 74.8 cm³/mol. The molecule has 100 valence electrons. The van der Waals surface area contributed by atoms with E-state index in [9.17, 15) is 0 Å². The average molecular weight is 256 g/mol. The van der Waals surface area contributed by atoms with Crippen LogP contribution in [0.5, 0.6) is 0 Å². The van der Waals surface area contributed by atoms with E-state index >= 15 is 0 Å². The number of likely N-dealkylation sites (tertiary alicyclic amines) is 1. The molecule has 0 aliphatic carbocycles. The van der Waals surface area contributed by atoms with Gasteiger partial charge in [0.05, 0.1) is 5.69 Å². The van der Waals surface area contributed by atoms with Crippen LogP contribution in [0.15, 0.2) is 40.9 Å². The molecule has 1 aliphatic rings. The van der Waals surface area contributed by atoms with E-state index in [1.165, 1.54) is 24.9 Å². The Labute approximate surface area is 114 Å². The van der Waals surface area contributed by atoms with Gasteiger partial charge >= 0.3 is 0 Å². The first-order valence-corrected chi connectivity index (χ1v) is 7.01. The van der Waals surface area contributed by atoms with Gasteiger partial charge in [0.1, 0.15) is 5.76 Å².